The van der Waals surface area contributed by atoms with E-state index >= 15 is 0 Å². The number of methoxy groups -OCH3 is 1. The summed E-state index contributed by atoms with van der Waals surface area (Å²) >= 11 is 5.01. The Morgan fingerprint density at radius 2 is 2.11 bits per heavy atom. The Kier molecular flexibility index (Phi) is 11.7. The molecule has 11 heteroatoms. The van der Waals surface area contributed by atoms with Crippen LogP contribution in [0.15, 0.2) is 12.2 Å². The smallest absolute Gasteiger partial charge is 0.382 e. The van der Waals surface area contributed by atoms with Gasteiger partial charge in [0.25, 0.3) is 0 Å². The number of phosphoric ester groups is 1. The Morgan fingerprint density at radius 3 is 2.74 bits per heavy atom. The SMILES string of the molecule is [B][C@@H]1O[C@H](COC)C(OP(=O)(O)OC)[C@@H]1C/C=C/CCCCNC(=S)NC. The average molecular weight is 420 g/mol. The van der Waals surface area contributed by atoms with Gasteiger partial charge in [0.1, 0.15) is 20.1 Å². The molecular weight excluding hydrogens is 390 g/mol. The number of ether oxygens (including phenoxy) is 2. The van der Waals surface area contributed by atoms with E-state index in [1.165, 1.54) is 7.11 Å². The van der Waals surface area contributed by atoms with Crippen LogP contribution in [0.2, 0.25) is 0 Å². The zero-order valence-electron chi connectivity index (χ0n) is 16.1. The van der Waals surface area contributed by atoms with Gasteiger partial charge in [0, 0.05) is 39.7 Å². The molecular formula is C16H30BN2O6PS. The fraction of sp³-hybridized carbons (Fsp3) is 0.812. The number of hydrogen-bond acceptors (Lipinski definition) is 6. The standard InChI is InChI=1S/C16H30BN2O6PS/c1-18-16(27)19-10-8-6-4-5-7-9-12-14(25-26(20,21)23-3)13(11-22-2)24-15(12)17/h5,7,12-15H,4,6,8-11H2,1-3H3,(H,20,21)(H2,18,19,27)/b7-5+/t12-,13+,14?,15+/m0/s1. The summed E-state index contributed by atoms with van der Waals surface area (Å²) < 4.78 is 32.4. The van der Waals surface area contributed by atoms with Gasteiger partial charge in [-0.1, -0.05) is 12.2 Å². The summed E-state index contributed by atoms with van der Waals surface area (Å²) in [7, 11) is 6.31. The lowest BCUT2D eigenvalue weighted by Gasteiger charge is -2.24. The van der Waals surface area contributed by atoms with E-state index < -0.39 is 26.0 Å². The summed E-state index contributed by atoms with van der Waals surface area (Å²) in [6, 6.07) is -0.608. The van der Waals surface area contributed by atoms with Gasteiger partial charge in [0.2, 0.25) is 0 Å². The van der Waals surface area contributed by atoms with Crippen LogP contribution in [0.25, 0.3) is 0 Å². The molecule has 2 unspecified atom stereocenters. The lowest BCUT2D eigenvalue weighted by Crippen LogP contribution is -2.33. The van der Waals surface area contributed by atoms with Crippen LogP contribution < -0.4 is 10.6 Å². The van der Waals surface area contributed by atoms with Crippen LogP contribution in [0.5, 0.6) is 0 Å². The number of unbranched alkanes of at least 4 members (excludes halogenated alkanes) is 2. The van der Waals surface area contributed by atoms with Gasteiger partial charge < -0.3 is 25.0 Å². The first-order valence-corrected chi connectivity index (χ1v) is 10.8. The largest absolute Gasteiger partial charge is 0.472 e. The van der Waals surface area contributed by atoms with Crippen molar-refractivity contribution in [3.63, 3.8) is 0 Å². The van der Waals surface area contributed by atoms with Crippen molar-refractivity contribution in [1.29, 1.82) is 0 Å². The van der Waals surface area contributed by atoms with Crippen LogP contribution in [-0.2, 0) is 23.1 Å². The van der Waals surface area contributed by atoms with E-state index in [0.29, 0.717) is 11.5 Å². The second-order valence-corrected chi connectivity index (χ2v) is 8.11. The lowest BCUT2D eigenvalue weighted by atomic mass is 9.82. The Balaban J connectivity index is 2.47. The molecule has 27 heavy (non-hydrogen) atoms. The molecule has 1 fully saturated rings. The van der Waals surface area contributed by atoms with Crippen molar-refractivity contribution in [2.24, 2.45) is 5.92 Å². The van der Waals surface area contributed by atoms with E-state index in [1.54, 1.807) is 7.05 Å². The van der Waals surface area contributed by atoms with Crippen molar-refractivity contribution < 1.29 is 28.0 Å². The van der Waals surface area contributed by atoms with Gasteiger partial charge in [-0.25, -0.2) is 4.57 Å². The molecule has 154 valence electrons. The topological polar surface area (TPSA) is 98.3 Å². The van der Waals surface area contributed by atoms with E-state index in [0.717, 1.165) is 32.9 Å². The summed E-state index contributed by atoms with van der Waals surface area (Å²) in [6.45, 7) is 1.04. The predicted molar refractivity (Wildman–Crippen MR) is 109 cm³/mol. The number of allylic oxidation sites excluding steroid dienone is 2. The van der Waals surface area contributed by atoms with Crippen molar-refractivity contribution in [2.75, 3.05) is 34.4 Å². The number of thiocarbonyl (C=S) groups is 1. The first-order chi connectivity index (χ1) is 12.8. The Labute approximate surface area is 168 Å². The maximum absolute atomic E-state index is 11.8. The third kappa shape index (κ3) is 9.04. The second kappa shape index (κ2) is 12.9. The van der Waals surface area contributed by atoms with Crippen LogP contribution in [0, 0.1) is 5.92 Å². The minimum absolute atomic E-state index is 0.212. The summed E-state index contributed by atoms with van der Waals surface area (Å²) in [5.74, 6) is -0.272. The van der Waals surface area contributed by atoms with Gasteiger partial charge in [-0.3, -0.25) is 9.05 Å². The summed E-state index contributed by atoms with van der Waals surface area (Å²) in [5.41, 5.74) is 0. The minimum Gasteiger partial charge on any atom is -0.382 e. The highest BCUT2D eigenvalue weighted by Gasteiger charge is 2.45. The first-order valence-electron chi connectivity index (χ1n) is 8.92. The molecule has 1 saturated heterocycles. The second-order valence-electron chi connectivity index (χ2n) is 6.19. The van der Waals surface area contributed by atoms with Gasteiger partial charge in [0.05, 0.1) is 6.61 Å². The van der Waals surface area contributed by atoms with Gasteiger partial charge in [-0.2, -0.15) is 0 Å². The van der Waals surface area contributed by atoms with Crippen LogP contribution in [-0.4, -0.2) is 70.5 Å². The van der Waals surface area contributed by atoms with E-state index in [2.05, 4.69) is 21.2 Å². The maximum Gasteiger partial charge on any atom is 0.472 e. The molecule has 0 spiro atoms. The molecule has 0 aromatic rings. The van der Waals surface area contributed by atoms with E-state index in [-0.39, 0.29) is 12.5 Å². The third-order valence-corrected chi connectivity index (χ3v) is 5.56. The Morgan fingerprint density at radius 1 is 1.37 bits per heavy atom. The van der Waals surface area contributed by atoms with Crippen molar-refractivity contribution in [2.45, 2.75) is 43.9 Å². The van der Waals surface area contributed by atoms with Gasteiger partial charge >= 0.3 is 7.82 Å². The molecule has 0 bridgehead atoms. The molecule has 0 aromatic carbocycles. The molecule has 1 aliphatic rings. The third-order valence-electron chi connectivity index (χ3n) is 4.24. The van der Waals surface area contributed by atoms with Crippen LogP contribution in [0.1, 0.15) is 25.7 Å². The van der Waals surface area contributed by atoms with Crippen molar-refractivity contribution in [1.82, 2.24) is 10.6 Å². The summed E-state index contributed by atoms with van der Waals surface area (Å²) in [5, 5.41) is 6.61. The first kappa shape index (κ1) is 24.6. The Bertz CT molecular complexity index is 527. The number of phosphoric acid groups is 1. The number of hydrogen-bond donors (Lipinski definition) is 3. The monoisotopic (exact) mass is 420 g/mol. The highest BCUT2D eigenvalue weighted by molar-refractivity contribution is 7.80. The fourth-order valence-corrected chi connectivity index (χ4v) is 3.59. The lowest BCUT2D eigenvalue weighted by molar-refractivity contribution is -0.0192. The van der Waals surface area contributed by atoms with Gasteiger partial charge in [0.15, 0.2) is 5.11 Å². The molecule has 0 aromatic heterocycles. The van der Waals surface area contributed by atoms with Crippen molar-refractivity contribution in [3.05, 3.63) is 12.2 Å². The van der Waals surface area contributed by atoms with E-state index in [1.807, 2.05) is 6.08 Å². The number of nitrogens with one attached hydrogen (secondary N) is 2. The van der Waals surface area contributed by atoms with E-state index in [9.17, 15) is 9.46 Å². The molecule has 1 aliphatic heterocycles. The van der Waals surface area contributed by atoms with Crippen molar-refractivity contribution in [3.8, 4) is 0 Å². The summed E-state index contributed by atoms with van der Waals surface area (Å²) in [6.07, 6.45) is 6.36. The molecule has 1 rings (SSSR count). The average Bonchev–Trinajstić information content (AvgIpc) is 2.91. The quantitative estimate of drug-likeness (QED) is 0.143. The van der Waals surface area contributed by atoms with Crippen LogP contribution >= 0.6 is 20.0 Å². The Hall–Kier alpha value is -0.475. The van der Waals surface area contributed by atoms with Crippen LogP contribution in [0.3, 0.4) is 0 Å². The maximum atomic E-state index is 11.8. The molecule has 1 heterocycles. The van der Waals surface area contributed by atoms with Gasteiger partial charge in [-0.05, 0) is 37.9 Å². The fourth-order valence-electron chi connectivity index (χ4n) is 2.80. The zero-order valence-corrected chi connectivity index (χ0v) is 17.8. The molecule has 0 aliphatic carbocycles. The normalized spacial score (nSPS) is 27.6. The molecule has 3 N–H and O–H groups in total. The highest BCUT2D eigenvalue weighted by atomic mass is 32.1. The molecule has 0 amide bonds. The molecule has 8 nitrogen and oxygen atoms in total. The van der Waals surface area contributed by atoms with Crippen molar-refractivity contribution >= 4 is 33.0 Å². The minimum atomic E-state index is -4.15. The number of rotatable bonds is 12. The van der Waals surface area contributed by atoms with Gasteiger partial charge in [-0.15, -0.1) is 0 Å². The zero-order chi connectivity index (χ0) is 20.3. The summed E-state index contributed by atoms with van der Waals surface area (Å²) in [4.78, 5) is 9.66. The molecule has 2 radical (unpaired) electrons. The molecule has 5 atom stereocenters. The predicted octanol–water partition coefficient (Wildman–Crippen LogP) is 1.48. The highest BCUT2D eigenvalue weighted by Crippen LogP contribution is 2.48. The van der Waals surface area contributed by atoms with E-state index in [4.69, 9.17) is 34.1 Å². The molecule has 0 saturated carbocycles. The van der Waals surface area contributed by atoms with Crippen LogP contribution in [0.4, 0.5) is 0 Å².